The average molecular weight is 382 g/mol. The van der Waals surface area contributed by atoms with Gasteiger partial charge in [0.15, 0.2) is 0 Å². The fourth-order valence-electron chi connectivity index (χ4n) is 3.65. The molecule has 1 fully saturated rings. The SMILES string of the molecule is O=C(Cn1cnc2scc(-c3ccccc3)c2c1=O)N1CCCCCCC1. The minimum atomic E-state index is -0.138. The largest absolute Gasteiger partial charge is 0.341 e. The van der Waals surface area contributed by atoms with Gasteiger partial charge in [-0.15, -0.1) is 11.3 Å². The average Bonchev–Trinajstić information content (AvgIpc) is 3.09. The zero-order valence-electron chi connectivity index (χ0n) is 15.3. The van der Waals surface area contributed by atoms with E-state index in [4.69, 9.17) is 0 Å². The second-order valence-corrected chi connectivity index (χ2v) is 7.88. The van der Waals surface area contributed by atoms with E-state index in [-0.39, 0.29) is 18.0 Å². The molecule has 0 N–H and O–H groups in total. The molecule has 0 unspecified atom stereocenters. The van der Waals surface area contributed by atoms with Crippen molar-refractivity contribution in [3.63, 3.8) is 0 Å². The number of rotatable bonds is 3. The van der Waals surface area contributed by atoms with Crippen molar-refractivity contribution in [2.45, 2.75) is 38.6 Å². The fraction of sp³-hybridized carbons (Fsp3) is 0.381. The number of thiophene rings is 1. The number of carbonyl (C=O) groups excluding carboxylic acids is 1. The van der Waals surface area contributed by atoms with Crippen LogP contribution < -0.4 is 5.56 Å². The van der Waals surface area contributed by atoms with Gasteiger partial charge in [0.25, 0.3) is 5.56 Å². The van der Waals surface area contributed by atoms with Gasteiger partial charge in [0.05, 0.1) is 11.7 Å². The molecule has 3 aromatic rings. The van der Waals surface area contributed by atoms with E-state index in [2.05, 4.69) is 4.98 Å². The van der Waals surface area contributed by atoms with Gasteiger partial charge in [-0.2, -0.15) is 0 Å². The molecule has 1 aliphatic heterocycles. The molecule has 27 heavy (non-hydrogen) atoms. The number of aromatic nitrogens is 2. The molecular formula is C21H23N3O2S. The van der Waals surface area contributed by atoms with Crippen LogP contribution in [0.3, 0.4) is 0 Å². The maximum absolute atomic E-state index is 13.1. The van der Waals surface area contributed by atoms with Gasteiger partial charge < -0.3 is 4.90 Å². The normalized spacial score (nSPS) is 15.5. The van der Waals surface area contributed by atoms with Crippen LogP contribution in [0.25, 0.3) is 21.3 Å². The van der Waals surface area contributed by atoms with Gasteiger partial charge in [0.2, 0.25) is 5.91 Å². The van der Waals surface area contributed by atoms with Crippen LogP contribution in [0, 0.1) is 0 Å². The monoisotopic (exact) mass is 381 g/mol. The second kappa shape index (κ2) is 8.05. The quantitative estimate of drug-likeness (QED) is 0.691. The van der Waals surface area contributed by atoms with Gasteiger partial charge in [0.1, 0.15) is 11.4 Å². The highest BCUT2D eigenvalue weighted by Gasteiger charge is 2.18. The first-order valence-electron chi connectivity index (χ1n) is 9.54. The van der Waals surface area contributed by atoms with Crippen molar-refractivity contribution in [1.29, 1.82) is 0 Å². The molecule has 0 aliphatic carbocycles. The molecule has 4 rings (SSSR count). The highest BCUT2D eigenvalue weighted by molar-refractivity contribution is 7.17. The van der Waals surface area contributed by atoms with Crippen molar-refractivity contribution in [3.05, 3.63) is 52.4 Å². The Hall–Kier alpha value is -2.47. The molecule has 1 aliphatic rings. The smallest absolute Gasteiger partial charge is 0.263 e. The second-order valence-electron chi connectivity index (χ2n) is 7.02. The van der Waals surface area contributed by atoms with E-state index in [1.54, 1.807) is 0 Å². The molecule has 1 aromatic carbocycles. The van der Waals surface area contributed by atoms with E-state index in [1.165, 1.54) is 41.5 Å². The fourth-order valence-corrected chi connectivity index (χ4v) is 4.56. The molecule has 5 nitrogen and oxygen atoms in total. The summed E-state index contributed by atoms with van der Waals surface area (Å²) in [4.78, 5) is 32.9. The van der Waals surface area contributed by atoms with E-state index in [0.29, 0.717) is 10.2 Å². The van der Waals surface area contributed by atoms with E-state index in [0.717, 1.165) is 37.1 Å². The van der Waals surface area contributed by atoms with Gasteiger partial charge in [-0.05, 0) is 18.4 Å². The summed E-state index contributed by atoms with van der Waals surface area (Å²) in [5.74, 6) is 0.0108. The molecule has 1 saturated heterocycles. The van der Waals surface area contributed by atoms with Crippen molar-refractivity contribution in [1.82, 2.24) is 14.5 Å². The van der Waals surface area contributed by atoms with Crippen LogP contribution in [0.5, 0.6) is 0 Å². The van der Waals surface area contributed by atoms with Crippen LogP contribution in [0.15, 0.2) is 46.8 Å². The molecule has 1 amide bonds. The summed E-state index contributed by atoms with van der Waals surface area (Å²) in [6.07, 6.45) is 7.20. The summed E-state index contributed by atoms with van der Waals surface area (Å²) >= 11 is 1.46. The number of amides is 1. The Morgan fingerprint density at radius 1 is 1.04 bits per heavy atom. The third kappa shape index (κ3) is 3.81. The predicted molar refractivity (Wildman–Crippen MR) is 109 cm³/mol. The van der Waals surface area contributed by atoms with E-state index < -0.39 is 0 Å². The molecule has 0 saturated carbocycles. The van der Waals surface area contributed by atoms with Crippen molar-refractivity contribution in [2.75, 3.05) is 13.1 Å². The van der Waals surface area contributed by atoms with Crippen molar-refractivity contribution >= 4 is 27.5 Å². The lowest BCUT2D eigenvalue weighted by Crippen LogP contribution is -2.38. The lowest BCUT2D eigenvalue weighted by atomic mass is 10.1. The Morgan fingerprint density at radius 2 is 1.74 bits per heavy atom. The number of nitrogens with zero attached hydrogens (tertiary/aromatic N) is 3. The van der Waals surface area contributed by atoms with E-state index >= 15 is 0 Å². The minimum Gasteiger partial charge on any atom is -0.341 e. The molecule has 0 radical (unpaired) electrons. The van der Waals surface area contributed by atoms with Crippen LogP contribution in [0.1, 0.15) is 32.1 Å². The molecule has 0 bridgehead atoms. The van der Waals surface area contributed by atoms with Gasteiger partial charge in [-0.25, -0.2) is 4.98 Å². The van der Waals surface area contributed by atoms with E-state index in [1.807, 2.05) is 40.6 Å². The van der Waals surface area contributed by atoms with Crippen LogP contribution in [0.4, 0.5) is 0 Å². The summed E-state index contributed by atoms with van der Waals surface area (Å²) < 4.78 is 1.46. The van der Waals surface area contributed by atoms with Crippen LogP contribution in [-0.4, -0.2) is 33.4 Å². The molecule has 0 atom stereocenters. The Labute approximate surface area is 162 Å². The van der Waals surface area contributed by atoms with Crippen LogP contribution in [0.2, 0.25) is 0 Å². The van der Waals surface area contributed by atoms with Gasteiger partial charge in [-0.3, -0.25) is 14.2 Å². The summed E-state index contributed by atoms with van der Waals surface area (Å²) in [6.45, 7) is 1.64. The molecule has 140 valence electrons. The molecular weight excluding hydrogens is 358 g/mol. The third-order valence-corrected chi connectivity index (χ3v) is 6.05. The lowest BCUT2D eigenvalue weighted by molar-refractivity contribution is -0.132. The minimum absolute atomic E-state index is 0.0108. The molecule has 6 heteroatoms. The first kappa shape index (κ1) is 17.9. The topological polar surface area (TPSA) is 55.2 Å². The summed E-state index contributed by atoms with van der Waals surface area (Å²) in [5.41, 5.74) is 1.75. The third-order valence-electron chi connectivity index (χ3n) is 5.16. The molecule has 2 aromatic heterocycles. The van der Waals surface area contributed by atoms with Gasteiger partial charge in [-0.1, -0.05) is 49.6 Å². The zero-order chi connectivity index (χ0) is 18.6. The van der Waals surface area contributed by atoms with E-state index in [9.17, 15) is 9.59 Å². The van der Waals surface area contributed by atoms with Gasteiger partial charge in [0, 0.05) is 24.0 Å². The maximum Gasteiger partial charge on any atom is 0.263 e. The summed E-state index contributed by atoms with van der Waals surface area (Å²) in [5, 5.41) is 2.58. The van der Waals surface area contributed by atoms with Crippen molar-refractivity contribution in [2.24, 2.45) is 0 Å². The lowest BCUT2D eigenvalue weighted by Gasteiger charge is -2.25. The molecule has 3 heterocycles. The van der Waals surface area contributed by atoms with Crippen LogP contribution >= 0.6 is 11.3 Å². The van der Waals surface area contributed by atoms with Crippen molar-refractivity contribution in [3.8, 4) is 11.1 Å². The first-order valence-corrected chi connectivity index (χ1v) is 10.4. The van der Waals surface area contributed by atoms with Gasteiger partial charge >= 0.3 is 0 Å². The maximum atomic E-state index is 13.1. The summed E-state index contributed by atoms with van der Waals surface area (Å²) in [6, 6.07) is 9.85. The Morgan fingerprint density at radius 3 is 2.48 bits per heavy atom. The Balaban J connectivity index is 1.63. The number of hydrogen-bond donors (Lipinski definition) is 0. The highest BCUT2D eigenvalue weighted by atomic mass is 32.1. The predicted octanol–water partition coefficient (Wildman–Crippen LogP) is 3.92. The number of benzene rings is 1. The standard InChI is InChI=1S/C21H23N3O2S/c25-18(23-11-7-2-1-3-8-12-23)13-24-15-22-20-19(21(24)26)17(14-27-20)16-9-5-4-6-10-16/h4-6,9-10,14-15H,1-3,7-8,11-13H2. The number of hydrogen-bond acceptors (Lipinski definition) is 4. The number of likely N-dealkylation sites (tertiary alicyclic amines) is 1. The summed E-state index contributed by atoms with van der Waals surface area (Å²) in [7, 11) is 0. The number of carbonyl (C=O) groups is 1. The zero-order valence-corrected chi connectivity index (χ0v) is 16.1. The Kier molecular flexibility index (Phi) is 5.34. The molecule has 0 spiro atoms. The van der Waals surface area contributed by atoms with Crippen LogP contribution in [-0.2, 0) is 11.3 Å². The highest BCUT2D eigenvalue weighted by Crippen LogP contribution is 2.30. The first-order chi connectivity index (χ1) is 13.2. The van der Waals surface area contributed by atoms with Crippen molar-refractivity contribution < 1.29 is 4.79 Å². The number of fused-ring (bicyclic) bond motifs is 1. The Bertz CT molecular complexity index is 986.